The van der Waals surface area contributed by atoms with E-state index in [9.17, 15) is 13.2 Å². The summed E-state index contributed by atoms with van der Waals surface area (Å²) in [5, 5.41) is 7.86. The van der Waals surface area contributed by atoms with Crippen LogP contribution < -0.4 is 19.9 Å². The van der Waals surface area contributed by atoms with Gasteiger partial charge in [0.25, 0.3) is 5.91 Å². The van der Waals surface area contributed by atoms with Gasteiger partial charge < -0.3 is 14.8 Å². The molecule has 128 valence electrons. The van der Waals surface area contributed by atoms with Crippen molar-refractivity contribution in [3.63, 3.8) is 0 Å². The summed E-state index contributed by atoms with van der Waals surface area (Å²) in [6.45, 7) is 0.236. The number of hydrogen-bond acceptors (Lipinski definition) is 5. The fourth-order valence-corrected chi connectivity index (χ4v) is 2.89. The first-order valence-electron chi connectivity index (χ1n) is 6.97. The van der Waals surface area contributed by atoms with Crippen molar-refractivity contribution in [3.05, 3.63) is 53.6 Å². The highest BCUT2D eigenvalue weighted by molar-refractivity contribution is 7.89. The van der Waals surface area contributed by atoms with E-state index in [0.717, 1.165) is 5.56 Å². The van der Waals surface area contributed by atoms with Crippen molar-refractivity contribution < 1.29 is 22.7 Å². The third kappa shape index (κ3) is 4.03. The van der Waals surface area contributed by atoms with Gasteiger partial charge in [0.15, 0.2) is 0 Å². The average Bonchev–Trinajstić information content (AvgIpc) is 2.58. The van der Waals surface area contributed by atoms with E-state index in [2.05, 4.69) is 5.32 Å². The van der Waals surface area contributed by atoms with Crippen LogP contribution in [0.15, 0.2) is 47.4 Å². The number of methoxy groups -OCH3 is 2. The largest absolute Gasteiger partial charge is 0.496 e. The summed E-state index contributed by atoms with van der Waals surface area (Å²) in [7, 11) is -1.14. The lowest BCUT2D eigenvalue weighted by molar-refractivity contribution is 0.0950. The smallest absolute Gasteiger partial charge is 0.251 e. The number of hydrogen-bond donors (Lipinski definition) is 2. The zero-order valence-corrected chi connectivity index (χ0v) is 14.1. The number of sulfonamides is 1. The van der Waals surface area contributed by atoms with E-state index in [-0.39, 0.29) is 22.8 Å². The molecule has 0 radical (unpaired) electrons. The second-order valence-corrected chi connectivity index (χ2v) is 6.44. The number of ether oxygens (including phenoxy) is 2. The minimum Gasteiger partial charge on any atom is -0.496 e. The van der Waals surface area contributed by atoms with Crippen molar-refractivity contribution in [2.24, 2.45) is 5.14 Å². The molecule has 8 heteroatoms. The highest BCUT2D eigenvalue weighted by Crippen LogP contribution is 2.24. The summed E-state index contributed by atoms with van der Waals surface area (Å²) in [5.74, 6) is 0.296. The molecule has 0 aliphatic rings. The highest BCUT2D eigenvalue weighted by atomic mass is 32.2. The normalized spacial score (nSPS) is 11.0. The van der Waals surface area contributed by atoms with Gasteiger partial charge in [-0.05, 0) is 24.3 Å². The standard InChI is InChI=1S/C16H18N2O5S/c1-22-13-6-4-3-5-12(13)10-18-16(19)11-7-8-14(23-2)15(9-11)24(17,20)21/h3-9H,10H2,1-2H3,(H,18,19)(H2,17,20,21). The molecule has 2 rings (SSSR count). The summed E-state index contributed by atoms with van der Waals surface area (Å²) in [4.78, 5) is 12.0. The zero-order valence-electron chi connectivity index (χ0n) is 13.3. The van der Waals surface area contributed by atoms with Crippen LogP contribution >= 0.6 is 0 Å². The number of rotatable bonds is 6. The molecule has 0 aromatic heterocycles. The van der Waals surface area contributed by atoms with Gasteiger partial charge in [-0.15, -0.1) is 0 Å². The lowest BCUT2D eigenvalue weighted by Gasteiger charge is -2.11. The van der Waals surface area contributed by atoms with Crippen LogP contribution in [0.3, 0.4) is 0 Å². The Balaban J connectivity index is 2.21. The van der Waals surface area contributed by atoms with E-state index in [1.54, 1.807) is 13.2 Å². The molecule has 0 bridgehead atoms. The van der Waals surface area contributed by atoms with E-state index in [1.165, 1.54) is 25.3 Å². The van der Waals surface area contributed by atoms with Gasteiger partial charge in [-0.25, -0.2) is 13.6 Å². The van der Waals surface area contributed by atoms with E-state index in [1.807, 2.05) is 18.2 Å². The van der Waals surface area contributed by atoms with E-state index >= 15 is 0 Å². The van der Waals surface area contributed by atoms with Crippen molar-refractivity contribution in [2.75, 3.05) is 14.2 Å². The summed E-state index contributed by atoms with van der Waals surface area (Å²) < 4.78 is 33.4. The van der Waals surface area contributed by atoms with Crippen LogP contribution in [0.25, 0.3) is 0 Å². The number of nitrogens with one attached hydrogen (secondary N) is 1. The fourth-order valence-electron chi connectivity index (χ4n) is 2.17. The molecule has 0 spiro atoms. The predicted molar refractivity (Wildman–Crippen MR) is 88.5 cm³/mol. The Kier molecular flexibility index (Phi) is 5.42. The van der Waals surface area contributed by atoms with Crippen molar-refractivity contribution in [3.8, 4) is 11.5 Å². The molecular weight excluding hydrogens is 332 g/mol. The summed E-state index contributed by atoms with van der Waals surface area (Å²) in [5.41, 5.74) is 0.961. The maximum absolute atomic E-state index is 12.3. The van der Waals surface area contributed by atoms with E-state index < -0.39 is 15.9 Å². The first-order chi connectivity index (χ1) is 11.4. The van der Waals surface area contributed by atoms with Crippen LogP contribution in [0.2, 0.25) is 0 Å². The molecule has 3 N–H and O–H groups in total. The van der Waals surface area contributed by atoms with Crippen molar-refractivity contribution in [1.29, 1.82) is 0 Å². The number of carbonyl (C=O) groups excluding carboxylic acids is 1. The minimum absolute atomic E-state index is 0.0822. The Bertz CT molecular complexity index is 849. The molecule has 0 aliphatic heterocycles. The van der Waals surface area contributed by atoms with Crippen LogP contribution in [0.4, 0.5) is 0 Å². The van der Waals surface area contributed by atoms with Crippen LogP contribution in [-0.4, -0.2) is 28.5 Å². The summed E-state index contributed by atoms with van der Waals surface area (Å²) in [6, 6.07) is 11.3. The van der Waals surface area contributed by atoms with Gasteiger partial charge in [0.05, 0.1) is 14.2 Å². The summed E-state index contributed by atoms with van der Waals surface area (Å²) in [6.07, 6.45) is 0. The monoisotopic (exact) mass is 350 g/mol. The zero-order chi connectivity index (χ0) is 17.7. The molecule has 1 amide bonds. The van der Waals surface area contributed by atoms with Crippen molar-refractivity contribution in [1.82, 2.24) is 5.32 Å². The fraction of sp³-hybridized carbons (Fsp3) is 0.188. The van der Waals surface area contributed by atoms with Gasteiger partial charge in [-0.3, -0.25) is 4.79 Å². The second-order valence-electron chi connectivity index (χ2n) is 4.91. The van der Waals surface area contributed by atoms with Crippen molar-refractivity contribution in [2.45, 2.75) is 11.4 Å². The highest BCUT2D eigenvalue weighted by Gasteiger charge is 2.18. The maximum Gasteiger partial charge on any atom is 0.251 e. The molecule has 24 heavy (non-hydrogen) atoms. The SMILES string of the molecule is COc1ccccc1CNC(=O)c1ccc(OC)c(S(N)(=O)=O)c1. The van der Waals surface area contributed by atoms with Gasteiger partial charge in [0, 0.05) is 17.7 Å². The maximum atomic E-state index is 12.3. The first-order valence-corrected chi connectivity index (χ1v) is 8.52. The topological polar surface area (TPSA) is 108 Å². The lowest BCUT2D eigenvalue weighted by atomic mass is 10.1. The first kappa shape index (κ1) is 17.8. The van der Waals surface area contributed by atoms with Crippen LogP contribution in [0.5, 0.6) is 11.5 Å². The van der Waals surface area contributed by atoms with E-state index in [4.69, 9.17) is 14.6 Å². The van der Waals surface area contributed by atoms with Gasteiger partial charge >= 0.3 is 0 Å². The molecule has 0 unspecified atom stereocenters. The molecule has 0 fully saturated rings. The third-order valence-electron chi connectivity index (χ3n) is 3.36. The molecular formula is C16H18N2O5S. The van der Waals surface area contributed by atoms with E-state index in [0.29, 0.717) is 5.75 Å². The van der Waals surface area contributed by atoms with Crippen molar-refractivity contribution >= 4 is 15.9 Å². The predicted octanol–water partition coefficient (Wildman–Crippen LogP) is 1.28. The lowest BCUT2D eigenvalue weighted by Crippen LogP contribution is -2.24. The average molecular weight is 350 g/mol. The molecule has 0 atom stereocenters. The van der Waals surface area contributed by atoms with Crippen LogP contribution in [0.1, 0.15) is 15.9 Å². The number of primary sulfonamides is 1. The Morgan fingerprint density at radius 3 is 2.38 bits per heavy atom. The molecule has 0 heterocycles. The summed E-state index contributed by atoms with van der Waals surface area (Å²) >= 11 is 0. The van der Waals surface area contributed by atoms with Crippen LogP contribution in [0, 0.1) is 0 Å². The quantitative estimate of drug-likeness (QED) is 0.816. The number of carbonyl (C=O) groups is 1. The minimum atomic E-state index is -4.00. The Morgan fingerprint density at radius 1 is 1.08 bits per heavy atom. The van der Waals surface area contributed by atoms with Gasteiger partial charge in [0.2, 0.25) is 10.0 Å². The molecule has 7 nitrogen and oxygen atoms in total. The number of benzene rings is 2. The third-order valence-corrected chi connectivity index (χ3v) is 4.30. The Hall–Kier alpha value is -2.58. The molecule has 2 aromatic carbocycles. The number of amides is 1. The molecule has 2 aromatic rings. The van der Waals surface area contributed by atoms with Gasteiger partial charge in [-0.1, -0.05) is 18.2 Å². The molecule has 0 saturated carbocycles. The number of nitrogens with two attached hydrogens (primary N) is 1. The Morgan fingerprint density at radius 2 is 1.75 bits per heavy atom. The Labute approximate surface area is 140 Å². The van der Waals surface area contributed by atoms with Crippen LogP contribution in [-0.2, 0) is 16.6 Å². The van der Waals surface area contributed by atoms with Gasteiger partial charge in [-0.2, -0.15) is 0 Å². The second kappa shape index (κ2) is 7.33. The van der Waals surface area contributed by atoms with Gasteiger partial charge in [0.1, 0.15) is 16.4 Å². The number of para-hydroxylation sites is 1. The molecule has 0 saturated heterocycles. The molecule has 0 aliphatic carbocycles.